The van der Waals surface area contributed by atoms with Crippen molar-refractivity contribution in [2.45, 2.75) is 0 Å². The Morgan fingerprint density at radius 1 is 0.281 bits per heavy atom. The average Bonchev–Trinajstić information content (AvgIpc) is 2.84. The third kappa shape index (κ3) is 62900. The summed E-state index contributed by atoms with van der Waals surface area (Å²) in [6, 6.07) is 0. The van der Waals surface area contributed by atoms with Gasteiger partial charge in [-0.2, -0.15) is 0 Å². The van der Waals surface area contributed by atoms with E-state index >= 15 is 0 Å². The zero-order chi connectivity index (χ0) is 24.0. The zero-order valence-electron chi connectivity index (χ0n) is 16.7. The van der Waals surface area contributed by atoms with Crippen LogP contribution in [0.2, 0.25) is 0 Å². The largest absolute Gasteiger partial charge is 0.545 e. The molecular formula is C12H29O16Re3Tc-9. The van der Waals surface area contributed by atoms with Gasteiger partial charge in [0.15, 0.2) is 0 Å². The van der Waals surface area contributed by atoms with Gasteiger partial charge in [0.1, 0.15) is 0 Å². The van der Waals surface area contributed by atoms with E-state index in [9.17, 15) is 0 Å². The van der Waals surface area contributed by atoms with Crippen molar-refractivity contribution in [1.82, 2.24) is 0 Å². The van der Waals surface area contributed by atoms with E-state index < -0.39 is 0 Å². The second-order valence-electron chi connectivity index (χ2n) is 0. The monoisotopic (exact) mass is 1090 g/mol. The predicted octanol–water partition coefficient (Wildman–Crippen LogP) is -6.95. The molecule has 0 heterocycles. The number of hydrogen-bond acceptors (Lipinski definition) is 12. The van der Waals surface area contributed by atoms with Crippen molar-refractivity contribution >= 4 is 61.1 Å². The van der Waals surface area contributed by atoms with Crippen LogP contribution in [-0.2, 0) is 125 Å². The quantitative estimate of drug-likeness (QED) is 0.151. The first kappa shape index (κ1) is 224. The van der Waals surface area contributed by atoms with E-state index in [2.05, 4.69) is 61.1 Å². The molecule has 20 heteroatoms. The Labute approximate surface area is 242 Å². The Kier molecular flexibility index (Phi) is 487000. The summed E-state index contributed by atoms with van der Waals surface area (Å²) in [5.74, 6) is 0. The molecule has 4 radical (unpaired) electrons. The van der Waals surface area contributed by atoms with Crippen molar-refractivity contribution < 1.29 is 162 Å². The molecule has 0 amide bonds. The van der Waals surface area contributed by atoms with E-state index in [1.165, 1.54) is 0 Å². The second-order valence-corrected chi connectivity index (χ2v) is 0. The summed E-state index contributed by atoms with van der Waals surface area (Å²) < 4.78 is 0. The molecule has 0 fully saturated rings. The maximum absolute atomic E-state index is 7.75. The number of aliphatic hydroxyl groups excluding tert-OH is 3. The van der Waals surface area contributed by atoms with Gasteiger partial charge in [-0.25, -0.2) is 0 Å². The van der Waals surface area contributed by atoms with Crippen LogP contribution in [0.4, 0.5) is 0 Å². The first-order chi connectivity index (χ1) is 12.0. The minimum atomic E-state index is 0. The molecule has 0 aliphatic rings. The summed E-state index contributed by atoms with van der Waals surface area (Å²) in [5, 5.41) is 21.0. The molecule has 16 nitrogen and oxygen atoms in total. The third-order valence-electron chi connectivity index (χ3n) is 0. The van der Waals surface area contributed by atoms with Gasteiger partial charge in [-0.05, 0) is 0 Å². The summed E-state index contributed by atoms with van der Waals surface area (Å²) >= 11 is 0. The third-order valence-corrected chi connectivity index (χ3v) is 0. The molecule has 0 aromatic rings. The smallest absolute Gasteiger partial charge is 0.0319 e. The minimum absolute atomic E-state index is 0. The van der Waals surface area contributed by atoms with E-state index in [1.807, 2.05) is 0 Å². The number of carbonyl (C=O) groups excluding carboxylic acids is 9. The van der Waals surface area contributed by atoms with Gasteiger partial charge in [0.2, 0.25) is 0 Å². The fraction of sp³-hybridized carbons (Fsp3) is 0.250. The van der Waals surface area contributed by atoms with Crippen LogP contribution in [0, 0.1) is 0 Å². The normalized spacial score (nSPS) is 1.69. The molecule has 0 saturated carbocycles. The maximum Gasteiger partial charge on any atom is 0.0319 e. The van der Waals surface area contributed by atoms with E-state index in [0.29, 0.717) is 0 Å². The van der Waals surface area contributed by atoms with Crippen molar-refractivity contribution in [3.63, 3.8) is 0 Å². The molecule has 0 aromatic heterocycles. The predicted molar refractivity (Wildman–Crippen MR) is 99.6 cm³/mol. The van der Waals surface area contributed by atoms with Crippen LogP contribution in [0.3, 0.4) is 0 Å². The summed E-state index contributed by atoms with van der Waals surface area (Å²) in [6.07, 6.45) is 0. The molecule has 0 spiro atoms. The first-order valence-electron chi connectivity index (χ1n) is 3.46. The van der Waals surface area contributed by atoms with Crippen LogP contribution in [0.25, 0.3) is 0 Å². The van der Waals surface area contributed by atoms with Crippen LogP contribution < -0.4 is 0 Å². The van der Waals surface area contributed by atoms with Gasteiger partial charge in [0.05, 0.1) is 0 Å². The van der Waals surface area contributed by atoms with Crippen LogP contribution >= 0.6 is 0 Å². The minimum Gasteiger partial charge on any atom is -0.545 e. The molecule has 0 aliphatic carbocycles. The second kappa shape index (κ2) is 69700. The Morgan fingerprint density at radius 3 is 0.281 bits per heavy atom. The van der Waals surface area contributed by atoms with Gasteiger partial charge in [-0.3, -0.25) is 61.1 Å². The van der Waals surface area contributed by atoms with Crippen molar-refractivity contribution in [3.8, 4) is 0 Å². The number of rotatable bonds is 0. The van der Waals surface area contributed by atoms with Gasteiger partial charge in [0.25, 0.3) is 0 Å². The molecule has 0 rings (SSSR count). The van der Waals surface area contributed by atoms with E-state index in [4.69, 9.17) is 58.5 Å². The van der Waals surface area contributed by atoms with Crippen LogP contribution in [0.15, 0.2) is 0 Å². The van der Waals surface area contributed by atoms with Crippen LogP contribution in [-0.4, -0.2) is 120 Å². The van der Waals surface area contributed by atoms with E-state index in [1.54, 1.807) is 0 Å². The summed E-state index contributed by atoms with van der Waals surface area (Å²) in [6.45, 7) is 29.2. The molecule has 0 aliphatic heterocycles. The molecule has 11 N–H and O–H groups in total. The molecular weight excluding hydrogens is 1060 g/mol. The Bertz CT molecular complexity index is 76.8. The fourth-order valence-corrected chi connectivity index (χ4v) is 0. The van der Waals surface area contributed by atoms with Gasteiger partial charge in [0, 0.05) is 103 Å². The molecule has 0 saturated heterocycles. The summed E-state index contributed by atoms with van der Waals surface area (Å²) in [7, 11) is 3.00. The summed E-state index contributed by atoms with van der Waals surface area (Å²) in [5.41, 5.74) is 0. The van der Waals surface area contributed by atoms with Crippen molar-refractivity contribution in [2.75, 3.05) is 21.3 Å². The van der Waals surface area contributed by atoms with Crippen LogP contribution in [0.5, 0.6) is 0 Å². The molecule has 0 aromatic carbocycles. The standard InChI is InChI=1S/3CH4O.9CHO.4H2O.3Re.Tc/c12*1-2;;;;;;;;/h3*2H,1H3;9*1H;4*1H2;;;;/q;;;9*-1;;;;;;;;/i;;;;;;;;;;;;;;;;;;;1+1. The van der Waals surface area contributed by atoms with Gasteiger partial charge >= 0.3 is 0 Å². The Morgan fingerprint density at radius 2 is 0.281 bits per heavy atom. The number of hydrogen-bond donors (Lipinski definition) is 3. The van der Waals surface area contributed by atoms with E-state index in [0.717, 1.165) is 21.3 Å². The zero-order valence-corrected chi connectivity index (χ0v) is 26.7. The first-order valence-corrected chi connectivity index (χ1v) is 3.46. The molecule has 0 atom stereocenters. The summed E-state index contributed by atoms with van der Waals surface area (Å²) in [4.78, 5) is 69.8. The maximum atomic E-state index is 7.75. The Hall–Kier alpha value is -0.614. The molecule has 32 heavy (non-hydrogen) atoms. The van der Waals surface area contributed by atoms with Crippen molar-refractivity contribution in [2.24, 2.45) is 0 Å². The van der Waals surface area contributed by atoms with Crippen LogP contribution in [0.1, 0.15) is 0 Å². The molecule has 210 valence electrons. The molecule has 0 unspecified atom stereocenters. The van der Waals surface area contributed by atoms with Gasteiger partial charge < -0.3 is 80.4 Å². The SMILES string of the molecule is CO.CO.CO.O.O.O.O.[99Tc].[CH-]=O.[CH-]=O.[CH-]=O.[CH-]=O.[CH-]=O.[CH-]=O.[CH-]=O.[CH-]=O.[CH-]=O.[Re].[Re].[Re]. The van der Waals surface area contributed by atoms with E-state index in [-0.39, 0.29) is 103 Å². The fourth-order valence-electron chi connectivity index (χ4n) is 0. The van der Waals surface area contributed by atoms with Crippen molar-refractivity contribution in [1.29, 1.82) is 0 Å². The van der Waals surface area contributed by atoms with Gasteiger partial charge in [-0.1, -0.05) is 0 Å². The average molecular weight is 1090 g/mol. The molecule has 0 bridgehead atoms. The van der Waals surface area contributed by atoms with Crippen molar-refractivity contribution in [3.05, 3.63) is 0 Å². The Balaban J connectivity index is -0.00000000267. The number of aliphatic hydroxyl groups is 3. The van der Waals surface area contributed by atoms with Gasteiger partial charge in [-0.15, -0.1) is 0 Å². The topological polar surface area (TPSA) is 340 Å².